The lowest BCUT2D eigenvalue weighted by Crippen LogP contribution is -2.27. The van der Waals surface area contributed by atoms with Crippen LogP contribution in [-0.2, 0) is 4.79 Å². The molecule has 2 heterocycles. The molecule has 0 saturated carbocycles. The van der Waals surface area contributed by atoms with E-state index in [0.29, 0.717) is 11.5 Å². The number of pyridine rings is 1. The second-order valence-corrected chi connectivity index (χ2v) is 5.13. The maximum absolute atomic E-state index is 12.1. The maximum Gasteiger partial charge on any atom is 0.352 e. The summed E-state index contributed by atoms with van der Waals surface area (Å²) in [6.45, 7) is 0. The molecule has 0 bridgehead atoms. The maximum atomic E-state index is 12.1. The number of nitrogens with one attached hydrogen (secondary N) is 1. The van der Waals surface area contributed by atoms with Gasteiger partial charge in [-0.3, -0.25) is 9.78 Å². The van der Waals surface area contributed by atoms with E-state index in [0.717, 1.165) is 5.56 Å². The number of benzene rings is 1. The number of aromatic nitrogens is 1. The van der Waals surface area contributed by atoms with Crippen LogP contribution in [0.5, 0.6) is 0 Å². The van der Waals surface area contributed by atoms with Crippen molar-refractivity contribution in [1.82, 2.24) is 10.3 Å². The molecule has 0 unspecified atom stereocenters. The Labute approximate surface area is 143 Å². The first kappa shape index (κ1) is 16.2. The average Bonchev–Trinajstić information content (AvgIpc) is 3.11. The molecule has 6 heteroatoms. The van der Waals surface area contributed by atoms with Crippen molar-refractivity contribution in [3.05, 3.63) is 84.0 Å². The van der Waals surface area contributed by atoms with Crippen molar-refractivity contribution < 1.29 is 19.1 Å². The van der Waals surface area contributed by atoms with Gasteiger partial charge in [0.2, 0.25) is 0 Å². The smallest absolute Gasteiger partial charge is 0.352 e. The van der Waals surface area contributed by atoms with E-state index in [1.165, 1.54) is 18.5 Å². The van der Waals surface area contributed by atoms with Gasteiger partial charge >= 0.3 is 5.97 Å². The van der Waals surface area contributed by atoms with Crippen molar-refractivity contribution in [2.75, 3.05) is 0 Å². The number of aliphatic carboxylic acids is 1. The normalized spacial score (nSPS) is 11.1. The Bertz CT molecular complexity index is 915. The van der Waals surface area contributed by atoms with Crippen LogP contribution in [-0.4, -0.2) is 22.0 Å². The van der Waals surface area contributed by atoms with E-state index in [1.54, 1.807) is 24.3 Å². The molecule has 0 aliphatic heterocycles. The van der Waals surface area contributed by atoms with Crippen LogP contribution in [0.15, 0.2) is 77.1 Å². The topological polar surface area (TPSA) is 92.4 Å². The minimum absolute atomic E-state index is 0.263. The van der Waals surface area contributed by atoms with Gasteiger partial charge in [-0.05, 0) is 24.3 Å². The highest BCUT2D eigenvalue weighted by Crippen LogP contribution is 2.22. The second kappa shape index (κ2) is 7.27. The van der Waals surface area contributed by atoms with Gasteiger partial charge in [-0.25, -0.2) is 4.79 Å². The Balaban J connectivity index is 1.82. The Kier molecular flexibility index (Phi) is 4.71. The SMILES string of the molecule is O=C(O)C(=Cc1ccc(-c2ccccc2)o1)NC(=O)c1cccnc1. The Morgan fingerprint density at radius 1 is 1.04 bits per heavy atom. The first-order valence-corrected chi connectivity index (χ1v) is 7.45. The average molecular weight is 334 g/mol. The zero-order valence-electron chi connectivity index (χ0n) is 13.0. The number of carboxylic acid groups (broad SMARTS) is 1. The summed E-state index contributed by atoms with van der Waals surface area (Å²) < 4.78 is 5.63. The Morgan fingerprint density at radius 2 is 1.84 bits per heavy atom. The van der Waals surface area contributed by atoms with E-state index >= 15 is 0 Å². The molecule has 0 aliphatic rings. The minimum atomic E-state index is -1.27. The predicted molar refractivity (Wildman–Crippen MR) is 91.5 cm³/mol. The summed E-state index contributed by atoms with van der Waals surface area (Å²) in [5, 5.41) is 11.7. The molecule has 25 heavy (non-hydrogen) atoms. The fourth-order valence-corrected chi connectivity index (χ4v) is 2.17. The molecule has 2 aromatic heterocycles. The van der Waals surface area contributed by atoms with Crippen LogP contribution in [0.1, 0.15) is 16.1 Å². The summed E-state index contributed by atoms with van der Waals surface area (Å²) in [5.74, 6) is -0.899. The zero-order valence-corrected chi connectivity index (χ0v) is 13.0. The number of hydrogen-bond donors (Lipinski definition) is 2. The third-order valence-corrected chi connectivity index (χ3v) is 3.37. The summed E-state index contributed by atoms with van der Waals surface area (Å²) >= 11 is 0. The predicted octanol–water partition coefficient (Wildman–Crippen LogP) is 3.20. The van der Waals surface area contributed by atoms with Crippen LogP contribution in [0, 0.1) is 0 Å². The number of nitrogens with zero attached hydrogens (tertiary/aromatic N) is 1. The third kappa shape index (κ3) is 4.00. The van der Waals surface area contributed by atoms with E-state index in [2.05, 4.69) is 10.3 Å². The number of hydrogen-bond acceptors (Lipinski definition) is 4. The van der Waals surface area contributed by atoms with Crippen LogP contribution in [0.25, 0.3) is 17.4 Å². The van der Waals surface area contributed by atoms with Gasteiger partial charge in [0, 0.05) is 24.0 Å². The van der Waals surface area contributed by atoms with Crippen LogP contribution in [0.2, 0.25) is 0 Å². The van der Waals surface area contributed by atoms with E-state index in [1.807, 2.05) is 30.3 Å². The van der Waals surface area contributed by atoms with Gasteiger partial charge in [0.15, 0.2) is 0 Å². The van der Waals surface area contributed by atoms with Crippen LogP contribution >= 0.6 is 0 Å². The molecular formula is C19H14N2O4. The van der Waals surface area contributed by atoms with Crippen LogP contribution in [0.3, 0.4) is 0 Å². The lowest BCUT2D eigenvalue weighted by atomic mass is 10.2. The highest BCUT2D eigenvalue weighted by atomic mass is 16.4. The fraction of sp³-hybridized carbons (Fsp3) is 0. The zero-order chi connectivity index (χ0) is 17.6. The molecule has 0 radical (unpaired) electrons. The molecule has 0 fully saturated rings. The van der Waals surface area contributed by atoms with Gasteiger partial charge in [-0.1, -0.05) is 30.3 Å². The molecule has 1 aromatic carbocycles. The molecular weight excluding hydrogens is 320 g/mol. The molecule has 0 atom stereocenters. The molecule has 0 aliphatic carbocycles. The van der Waals surface area contributed by atoms with Gasteiger partial charge in [0.05, 0.1) is 5.56 Å². The molecule has 0 spiro atoms. The monoisotopic (exact) mass is 334 g/mol. The second-order valence-electron chi connectivity index (χ2n) is 5.13. The largest absolute Gasteiger partial charge is 0.477 e. The number of carbonyl (C=O) groups is 2. The van der Waals surface area contributed by atoms with Gasteiger partial charge < -0.3 is 14.8 Å². The molecule has 2 N–H and O–H groups in total. The van der Waals surface area contributed by atoms with Crippen molar-refractivity contribution in [1.29, 1.82) is 0 Å². The highest BCUT2D eigenvalue weighted by Gasteiger charge is 2.14. The van der Waals surface area contributed by atoms with Crippen LogP contribution < -0.4 is 5.32 Å². The number of carboxylic acids is 1. The summed E-state index contributed by atoms with van der Waals surface area (Å²) in [6, 6.07) is 15.9. The first-order chi connectivity index (χ1) is 12.1. The number of amides is 1. The van der Waals surface area contributed by atoms with Gasteiger partial charge in [0.1, 0.15) is 17.2 Å². The van der Waals surface area contributed by atoms with Crippen molar-refractivity contribution in [2.45, 2.75) is 0 Å². The number of rotatable bonds is 5. The molecule has 6 nitrogen and oxygen atoms in total. The first-order valence-electron chi connectivity index (χ1n) is 7.45. The standard InChI is InChI=1S/C19H14N2O4/c22-18(14-7-4-10-20-12-14)21-16(19(23)24)11-15-8-9-17(25-15)13-5-2-1-3-6-13/h1-12H,(H,21,22)(H,23,24). The lowest BCUT2D eigenvalue weighted by molar-refractivity contribution is -0.132. The van der Waals surface area contributed by atoms with Gasteiger partial charge in [0.25, 0.3) is 5.91 Å². The van der Waals surface area contributed by atoms with E-state index in [9.17, 15) is 14.7 Å². The Morgan fingerprint density at radius 3 is 2.52 bits per heavy atom. The Hall–Kier alpha value is -3.67. The quantitative estimate of drug-likeness (QED) is 0.699. The van der Waals surface area contributed by atoms with Crippen molar-refractivity contribution in [2.24, 2.45) is 0 Å². The van der Waals surface area contributed by atoms with Crippen molar-refractivity contribution in [3.63, 3.8) is 0 Å². The van der Waals surface area contributed by atoms with Crippen molar-refractivity contribution >= 4 is 18.0 Å². The fourth-order valence-electron chi connectivity index (χ4n) is 2.17. The summed E-state index contributed by atoms with van der Waals surface area (Å²) in [6.07, 6.45) is 4.15. The van der Waals surface area contributed by atoms with E-state index in [4.69, 9.17) is 4.42 Å². The lowest BCUT2D eigenvalue weighted by Gasteiger charge is -2.05. The van der Waals surface area contributed by atoms with Crippen molar-refractivity contribution in [3.8, 4) is 11.3 Å². The molecule has 3 rings (SSSR count). The third-order valence-electron chi connectivity index (χ3n) is 3.37. The molecule has 124 valence electrons. The number of carbonyl (C=O) groups excluding carboxylic acids is 1. The van der Waals surface area contributed by atoms with Gasteiger partial charge in [-0.2, -0.15) is 0 Å². The highest BCUT2D eigenvalue weighted by molar-refractivity contribution is 6.02. The minimum Gasteiger partial charge on any atom is -0.477 e. The summed E-state index contributed by atoms with van der Waals surface area (Å²) in [4.78, 5) is 27.3. The van der Waals surface area contributed by atoms with Gasteiger partial charge in [-0.15, -0.1) is 0 Å². The molecule has 0 saturated heterocycles. The summed E-state index contributed by atoms with van der Waals surface area (Å²) in [5.41, 5.74) is 0.848. The van der Waals surface area contributed by atoms with E-state index < -0.39 is 11.9 Å². The molecule has 1 amide bonds. The molecule has 3 aromatic rings. The number of furan rings is 1. The van der Waals surface area contributed by atoms with Crippen LogP contribution in [0.4, 0.5) is 0 Å². The summed E-state index contributed by atoms with van der Waals surface area (Å²) in [7, 11) is 0. The van der Waals surface area contributed by atoms with E-state index in [-0.39, 0.29) is 11.3 Å².